The van der Waals surface area contributed by atoms with Gasteiger partial charge in [0.05, 0.1) is 0 Å². The molecule has 1 aliphatic heterocycles. The summed E-state index contributed by atoms with van der Waals surface area (Å²) in [6, 6.07) is 0. The molecule has 1 saturated heterocycles. The van der Waals surface area contributed by atoms with Crippen molar-refractivity contribution in [3.63, 3.8) is 0 Å². The van der Waals surface area contributed by atoms with E-state index in [1.165, 1.54) is 5.06 Å². The summed E-state index contributed by atoms with van der Waals surface area (Å²) in [6.07, 6.45) is 9.28. The van der Waals surface area contributed by atoms with Crippen molar-refractivity contribution in [3.8, 4) is 0 Å². The van der Waals surface area contributed by atoms with Gasteiger partial charge in [0.2, 0.25) is 0 Å². The minimum atomic E-state index is -0.354. The highest BCUT2D eigenvalue weighted by molar-refractivity contribution is 5.97. The van der Waals surface area contributed by atoms with Crippen molar-refractivity contribution in [2.75, 3.05) is 0 Å². The number of piperidine rings is 1. The molecule has 1 heterocycles. The third kappa shape index (κ3) is 2.82. The molecule has 0 atom stereocenters. The molecule has 2 rings (SSSR count). The van der Waals surface area contributed by atoms with Crippen molar-refractivity contribution in [1.82, 2.24) is 5.06 Å². The minimum absolute atomic E-state index is 0.0196. The van der Waals surface area contributed by atoms with Gasteiger partial charge in [0.15, 0.2) is 5.78 Å². The molecular formula is C16H25NO2. The van der Waals surface area contributed by atoms with E-state index in [9.17, 15) is 10.0 Å². The average molecular weight is 263 g/mol. The SMILES string of the molecule is CC1(C)CC(C(=O)C2=CC=CCC2)CC(C)(C)N1O. The van der Waals surface area contributed by atoms with Gasteiger partial charge in [-0.15, -0.1) is 0 Å². The largest absolute Gasteiger partial charge is 0.313 e. The van der Waals surface area contributed by atoms with Gasteiger partial charge < -0.3 is 5.21 Å². The maximum Gasteiger partial charge on any atom is 0.162 e. The number of Topliss-reactive ketones (excluding diaryl/α,β-unsaturated/α-hetero) is 1. The second-order valence-electron chi connectivity index (χ2n) is 7.06. The third-order valence-electron chi connectivity index (χ3n) is 4.34. The molecule has 1 fully saturated rings. The van der Waals surface area contributed by atoms with E-state index < -0.39 is 0 Å². The van der Waals surface area contributed by atoms with Crippen LogP contribution in [0, 0.1) is 5.92 Å². The van der Waals surface area contributed by atoms with Crippen molar-refractivity contribution >= 4 is 5.78 Å². The summed E-state index contributed by atoms with van der Waals surface area (Å²) in [5.41, 5.74) is 0.241. The topological polar surface area (TPSA) is 40.5 Å². The van der Waals surface area contributed by atoms with Crippen LogP contribution in [0.3, 0.4) is 0 Å². The number of hydrogen-bond donors (Lipinski definition) is 1. The molecule has 0 spiro atoms. The average Bonchev–Trinajstić information content (AvgIpc) is 2.35. The predicted octanol–water partition coefficient (Wildman–Crippen LogP) is 3.49. The molecule has 0 unspecified atom stereocenters. The van der Waals surface area contributed by atoms with Gasteiger partial charge in [-0.25, -0.2) is 0 Å². The fourth-order valence-corrected chi connectivity index (χ4v) is 3.53. The Morgan fingerprint density at radius 2 is 1.84 bits per heavy atom. The molecule has 2 aliphatic rings. The highest BCUT2D eigenvalue weighted by Crippen LogP contribution is 2.41. The van der Waals surface area contributed by atoms with Gasteiger partial charge in [-0.3, -0.25) is 4.79 Å². The first-order chi connectivity index (χ1) is 8.74. The summed E-state index contributed by atoms with van der Waals surface area (Å²) >= 11 is 0. The van der Waals surface area contributed by atoms with E-state index in [0.717, 1.165) is 18.4 Å². The van der Waals surface area contributed by atoms with Crippen LogP contribution in [0.2, 0.25) is 0 Å². The Balaban J connectivity index is 2.19. The Kier molecular flexibility index (Phi) is 3.72. The molecule has 3 heteroatoms. The first kappa shape index (κ1) is 14.5. The molecule has 1 N–H and O–H groups in total. The summed E-state index contributed by atoms with van der Waals surface area (Å²) in [6.45, 7) is 8.01. The quantitative estimate of drug-likeness (QED) is 0.829. The summed E-state index contributed by atoms with van der Waals surface area (Å²) in [4.78, 5) is 12.6. The monoisotopic (exact) mass is 263 g/mol. The van der Waals surface area contributed by atoms with E-state index in [1.54, 1.807) is 0 Å². The summed E-state index contributed by atoms with van der Waals surface area (Å²) in [5.74, 6) is 0.296. The van der Waals surface area contributed by atoms with Crippen molar-refractivity contribution in [2.45, 2.75) is 64.5 Å². The van der Waals surface area contributed by atoms with Crippen LogP contribution in [0.4, 0.5) is 0 Å². The molecule has 0 bridgehead atoms. The predicted molar refractivity (Wildman–Crippen MR) is 76.0 cm³/mol. The van der Waals surface area contributed by atoms with Crippen LogP contribution in [0.15, 0.2) is 23.8 Å². The number of carbonyl (C=O) groups excluding carboxylic acids is 1. The van der Waals surface area contributed by atoms with Crippen molar-refractivity contribution < 1.29 is 10.0 Å². The first-order valence-corrected chi connectivity index (χ1v) is 7.13. The van der Waals surface area contributed by atoms with E-state index >= 15 is 0 Å². The molecule has 3 nitrogen and oxygen atoms in total. The molecule has 0 aromatic heterocycles. The molecule has 0 radical (unpaired) electrons. The molecule has 19 heavy (non-hydrogen) atoms. The van der Waals surface area contributed by atoms with Crippen LogP contribution in [0.5, 0.6) is 0 Å². The number of hydroxylamine groups is 2. The smallest absolute Gasteiger partial charge is 0.162 e. The van der Waals surface area contributed by atoms with Gasteiger partial charge in [0.1, 0.15) is 0 Å². The molecule has 0 aromatic carbocycles. The third-order valence-corrected chi connectivity index (χ3v) is 4.34. The zero-order valence-corrected chi connectivity index (χ0v) is 12.4. The second kappa shape index (κ2) is 4.88. The Hall–Kier alpha value is -0.930. The molecule has 0 amide bonds. The van der Waals surface area contributed by atoms with Crippen LogP contribution >= 0.6 is 0 Å². The van der Waals surface area contributed by atoms with Crippen LogP contribution in [0.1, 0.15) is 53.4 Å². The van der Waals surface area contributed by atoms with E-state index in [2.05, 4.69) is 6.08 Å². The number of nitrogens with zero attached hydrogens (tertiary/aromatic N) is 1. The Labute approximate surface area is 115 Å². The molecule has 106 valence electrons. The van der Waals surface area contributed by atoms with Gasteiger partial charge in [0, 0.05) is 17.0 Å². The maximum absolute atomic E-state index is 12.6. The Morgan fingerprint density at radius 1 is 1.26 bits per heavy atom. The standard InChI is InChI=1S/C16H25NO2/c1-15(2)10-13(11-16(3,4)17(15)19)14(18)12-8-6-5-7-9-12/h5-6,8,13,19H,7,9-11H2,1-4H3. The van der Waals surface area contributed by atoms with Gasteiger partial charge in [0.25, 0.3) is 0 Å². The first-order valence-electron chi connectivity index (χ1n) is 7.13. The summed E-state index contributed by atoms with van der Waals surface area (Å²) in [5, 5.41) is 11.7. The highest BCUT2D eigenvalue weighted by atomic mass is 16.5. The lowest BCUT2D eigenvalue weighted by Gasteiger charge is -2.51. The van der Waals surface area contributed by atoms with E-state index in [-0.39, 0.29) is 22.8 Å². The number of hydrogen-bond acceptors (Lipinski definition) is 3. The fraction of sp³-hybridized carbons (Fsp3) is 0.688. The van der Waals surface area contributed by atoms with Crippen molar-refractivity contribution in [1.29, 1.82) is 0 Å². The molecule has 0 aromatic rings. The zero-order chi connectivity index (χ0) is 14.3. The maximum atomic E-state index is 12.6. The van der Waals surface area contributed by atoms with Crippen molar-refractivity contribution in [2.24, 2.45) is 5.92 Å². The lowest BCUT2D eigenvalue weighted by Crippen LogP contribution is -2.59. The van der Waals surface area contributed by atoms with Crippen LogP contribution < -0.4 is 0 Å². The lowest BCUT2D eigenvalue weighted by molar-refractivity contribution is -0.249. The summed E-state index contributed by atoms with van der Waals surface area (Å²) in [7, 11) is 0. The zero-order valence-electron chi connectivity index (χ0n) is 12.4. The van der Waals surface area contributed by atoms with Gasteiger partial charge in [-0.2, -0.15) is 5.06 Å². The number of ketones is 1. The normalized spacial score (nSPS) is 27.1. The van der Waals surface area contributed by atoms with E-state index in [0.29, 0.717) is 12.8 Å². The van der Waals surface area contributed by atoms with Gasteiger partial charge in [-0.1, -0.05) is 18.2 Å². The van der Waals surface area contributed by atoms with Crippen LogP contribution in [0.25, 0.3) is 0 Å². The lowest BCUT2D eigenvalue weighted by atomic mass is 9.72. The fourth-order valence-electron chi connectivity index (χ4n) is 3.53. The van der Waals surface area contributed by atoms with Crippen molar-refractivity contribution in [3.05, 3.63) is 23.8 Å². The second-order valence-corrected chi connectivity index (χ2v) is 7.06. The van der Waals surface area contributed by atoms with Crippen LogP contribution in [-0.4, -0.2) is 27.1 Å². The summed E-state index contributed by atoms with van der Waals surface area (Å²) < 4.78 is 0. The number of carbonyl (C=O) groups is 1. The molecule has 1 aliphatic carbocycles. The number of rotatable bonds is 2. The number of allylic oxidation sites excluding steroid dienone is 4. The van der Waals surface area contributed by atoms with E-state index in [4.69, 9.17) is 0 Å². The van der Waals surface area contributed by atoms with Gasteiger partial charge in [-0.05, 0) is 59.0 Å². The molecule has 0 saturated carbocycles. The molecular weight excluding hydrogens is 238 g/mol. The van der Waals surface area contributed by atoms with E-state index in [1.807, 2.05) is 39.8 Å². The Morgan fingerprint density at radius 3 is 2.32 bits per heavy atom. The van der Waals surface area contributed by atoms with Gasteiger partial charge >= 0.3 is 0 Å². The van der Waals surface area contributed by atoms with Crippen LogP contribution in [-0.2, 0) is 4.79 Å². The highest BCUT2D eigenvalue weighted by Gasteiger charge is 2.47. The minimum Gasteiger partial charge on any atom is -0.313 e. The Bertz CT molecular complexity index is 414.